The smallest absolute Gasteiger partial charge is 0.255 e. The Balaban J connectivity index is 1.71. The van der Waals surface area contributed by atoms with Crippen molar-refractivity contribution >= 4 is 17.5 Å². The topological polar surface area (TPSA) is 76.4 Å². The predicted molar refractivity (Wildman–Crippen MR) is 94.4 cm³/mol. The number of aryl methyl sites for hydroxylation is 1. The van der Waals surface area contributed by atoms with E-state index in [1.165, 1.54) is 0 Å². The van der Waals surface area contributed by atoms with Crippen molar-refractivity contribution in [3.63, 3.8) is 0 Å². The molecule has 4 rings (SSSR count). The van der Waals surface area contributed by atoms with E-state index in [4.69, 9.17) is 4.42 Å². The van der Waals surface area contributed by atoms with Crippen LogP contribution in [0.5, 0.6) is 0 Å². The molecule has 0 saturated carbocycles. The summed E-state index contributed by atoms with van der Waals surface area (Å²) in [6.45, 7) is 1.90. The minimum absolute atomic E-state index is 0.0526. The van der Waals surface area contributed by atoms with Gasteiger partial charge in [0.15, 0.2) is 11.5 Å². The second kappa shape index (κ2) is 6.11. The number of rotatable bonds is 3. The minimum atomic E-state index is -0.433. The van der Waals surface area contributed by atoms with Crippen LogP contribution in [0.4, 0.5) is 0 Å². The van der Waals surface area contributed by atoms with Crippen molar-refractivity contribution in [3.05, 3.63) is 93.9 Å². The summed E-state index contributed by atoms with van der Waals surface area (Å²) in [5.74, 6) is -0.972. The number of benzene rings is 2. The number of carbonyl (C=O) groups is 3. The maximum Gasteiger partial charge on any atom is 0.255 e. The van der Waals surface area contributed by atoms with Gasteiger partial charge in [0.25, 0.3) is 5.91 Å². The summed E-state index contributed by atoms with van der Waals surface area (Å²) in [4.78, 5) is 38.2. The van der Waals surface area contributed by atoms with Crippen LogP contribution in [0.3, 0.4) is 0 Å². The Bertz CT molecular complexity index is 1050. The average Bonchev–Trinajstić information content (AvgIpc) is 3.03. The van der Waals surface area contributed by atoms with Gasteiger partial charge in [-0.1, -0.05) is 54.6 Å². The van der Waals surface area contributed by atoms with Crippen LogP contribution in [0, 0.1) is 6.92 Å². The number of ketones is 2. The molecule has 0 fully saturated rings. The third-order valence-electron chi connectivity index (χ3n) is 4.46. The molecule has 0 spiro atoms. The summed E-state index contributed by atoms with van der Waals surface area (Å²) in [5, 5.41) is 2.79. The molecule has 0 radical (unpaired) electrons. The first-order valence-electron chi connectivity index (χ1n) is 8.22. The summed E-state index contributed by atoms with van der Waals surface area (Å²) < 4.78 is 5.52. The zero-order valence-electron chi connectivity index (χ0n) is 14.0. The van der Waals surface area contributed by atoms with Crippen molar-refractivity contribution in [3.8, 4) is 0 Å². The molecule has 0 unspecified atom stereocenters. The molecule has 1 aromatic heterocycles. The third-order valence-corrected chi connectivity index (χ3v) is 4.46. The highest BCUT2D eigenvalue weighted by molar-refractivity contribution is 6.30. The molecular formula is C21H15NO4. The van der Waals surface area contributed by atoms with Gasteiger partial charge in [-0.3, -0.25) is 14.4 Å². The summed E-state index contributed by atoms with van der Waals surface area (Å²) in [5.41, 5.74) is 1.71. The van der Waals surface area contributed by atoms with E-state index in [1.54, 1.807) is 31.2 Å². The lowest BCUT2D eigenvalue weighted by Gasteiger charge is -2.13. The van der Waals surface area contributed by atoms with Crippen molar-refractivity contribution in [1.29, 1.82) is 0 Å². The van der Waals surface area contributed by atoms with Crippen LogP contribution < -0.4 is 5.32 Å². The van der Waals surface area contributed by atoms with Crippen LogP contribution in [0.1, 0.15) is 53.7 Å². The second-order valence-corrected chi connectivity index (χ2v) is 6.11. The molecule has 0 atom stereocenters. The molecule has 0 saturated heterocycles. The van der Waals surface area contributed by atoms with Gasteiger partial charge in [-0.25, -0.2) is 0 Å². The SMILES string of the molecule is Cc1oc2c(c1C(=O)NCc1ccccc1)C(=O)c1ccccc1C2=O. The summed E-state index contributed by atoms with van der Waals surface area (Å²) >= 11 is 0. The molecule has 128 valence electrons. The van der Waals surface area contributed by atoms with Crippen molar-refractivity contribution < 1.29 is 18.8 Å². The van der Waals surface area contributed by atoms with Gasteiger partial charge in [-0.05, 0) is 12.5 Å². The molecule has 1 aliphatic carbocycles. The fourth-order valence-corrected chi connectivity index (χ4v) is 3.20. The number of hydrogen-bond donors (Lipinski definition) is 1. The summed E-state index contributed by atoms with van der Waals surface area (Å²) in [6.07, 6.45) is 0. The predicted octanol–water partition coefficient (Wildman–Crippen LogP) is 3.29. The van der Waals surface area contributed by atoms with Crippen LogP contribution in [0.15, 0.2) is 59.0 Å². The summed E-state index contributed by atoms with van der Waals surface area (Å²) in [7, 11) is 0. The van der Waals surface area contributed by atoms with Gasteiger partial charge in [-0.2, -0.15) is 0 Å². The number of carbonyl (C=O) groups excluding carboxylic acids is 3. The van der Waals surface area contributed by atoms with E-state index in [1.807, 2.05) is 30.3 Å². The maximum atomic E-state index is 12.9. The molecule has 26 heavy (non-hydrogen) atoms. The average molecular weight is 345 g/mol. The zero-order valence-corrected chi connectivity index (χ0v) is 14.0. The van der Waals surface area contributed by atoms with E-state index in [9.17, 15) is 14.4 Å². The van der Waals surface area contributed by atoms with Gasteiger partial charge in [-0.15, -0.1) is 0 Å². The number of amides is 1. The van der Waals surface area contributed by atoms with Crippen LogP contribution in [-0.2, 0) is 6.54 Å². The fourth-order valence-electron chi connectivity index (χ4n) is 3.20. The lowest BCUT2D eigenvalue weighted by Crippen LogP contribution is -2.27. The van der Waals surface area contributed by atoms with Crippen molar-refractivity contribution in [1.82, 2.24) is 5.32 Å². The van der Waals surface area contributed by atoms with Crippen molar-refractivity contribution in [2.24, 2.45) is 0 Å². The van der Waals surface area contributed by atoms with Gasteiger partial charge in [0.05, 0.1) is 11.1 Å². The Morgan fingerprint density at radius 1 is 0.923 bits per heavy atom. The van der Waals surface area contributed by atoms with Gasteiger partial charge < -0.3 is 9.73 Å². The minimum Gasteiger partial charge on any atom is -0.456 e. The maximum absolute atomic E-state index is 12.9. The lowest BCUT2D eigenvalue weighted by atomic mass is 9.86. The highest BCUT2D eigenvalue weighted by atomic mass is 16.4. The molecule has 5 nitrogen and oxygen atoms in total. The number of hydrogen-bond acceptors (Lipinski definition) is 4. The van der Waals surface area contributed by atoms with Crippen molar-refractivity contribution in [2.45, 2.75) is 13.5 Å². The Hall–Kier alpha value is -3.47. The molecule has 1 aliphatic rings. The Labute approximate surface area is 149 Å². The number of fused-ring (bicyclic) bond motifs is 2. The first-order valence-corrected chi connectivity index (χ1v) is 8.22. The molecule has 0 aliphatic heterocycles. The summed E-state index contributed by atoms with van der Waals surface area (Å²) in [6, 6.07) is 16.0. The van der Waals surface area contributed by atoms with E-state index in [0.717, 1.165) is 5.56 Å². The molecule has 1 amide bonds. The molecule has 1 heterocycles. The Morgan fingerprint density at radius 2 is 1.54 bits per heavy atom. The first-order chi connectivity index (χ1) is 12.6. The second-order valence-electron chi connectivity index (χ2n) is 6.11. The Morgan fingerprint density at radius 3 is 2.23 bits per heavy atom. The van der Waals surface area contributed by atoms with Crippen LogP contribution in [0.2, 0.25) is 0 Å². The van der Waals surface area contributed by atoms with Crippen LogP contribution >= 0.6 is 0 Å². The quantitative estimate of drug-likeness (QED) is 0.618. The van der Waals surface area contributed by atoms with E-state index in [0.29, 0.717) is 17.7 Å². The molecule has 5 heteroatoms. The lowest BCUT2D eigenvalue weighted by molar-refractivity contribution is 0.0936. The normalized spacial score (nSPS) is 12.5. The van der Waals surface area contributed by atoms with E-state index >= 15 is 0 Å². The van der Waals surface area contributed by atoms with Crippen molar-refractivity contribution in [2.75, 3.05) is 0 Å². The Kier molecular flexibility index (Phi) is 3.77. The van der Waals surface area contributed by atoms with E-state index in [2.05, 4.69) is 5.32 Å². The standard InChI is InChI=1S/C21H15NO4/c1-12-16(21(25)22-11-13-7-3-2-4-8-13)17-18(23)14-9-5-6-10-15(14)19(24)20(17)26-12/h2-10H,11H2,1H3,(H,22,25). The molecule has 2 aromatic carbocycles. The van der Waals surface area contributed by atoms with Gasteiger partial charge in [0.2, 0.25) is 5.78 Å². The van der Waals surface area contributed by atoms with Gasteiger partial charge in [0, 0.05) is 17.7 Å². The monoisotopic (exact) mass is 345 g/mol. The molecule has 0 bridgehead atoms. The largest absolute Gasteiger partial charge is 0.456 e. The highest BCUT2D eigenvalue weighted by Crippen LogP contribution is 2.33. The van der Waals surface area contributed by atoms with Crippen LogP contribution in [0.25, 0.3) is 0 Å². The first kappa shape index (κ1) is 16.0. The van der Waals surface area contributed by atoms with E-state index < -0.39 is 5.91 Å². The highest BCUT2D eigenvalue weighted by Gasteiger charge is 2.38. The number of furan rings is 1. The fraction of sp³-hybridized carbons (Fsp3) is 0.0952. The van der Waals surface area contributed by atoms with Crippen LogP contribution in [-0.4, -0.2) is 17.5 Å². The molecule has 1 N–H and O–H groups in total. The van der Waals surface area contributed by atoms with E-state index in [-0.39, 0.29) is 34.2 Å². The molecular weight excluding hydrogens is 330 g/mol. The zero-order chi connectivity index (χ0) is 18.3. The third kappa shape index (κ3) is 2.45. The molecule has 3 aromatic rings. The van der Waals surface area contributed by atoms with Gasteiger partial charge in [0.1, 0.15) is 5.76 Å². The number of nitrogens with one attached hydrogen (secondary N) is 1. The van der Waals surface area contributed by atoms with Gasteiger partial charge >= 0.3 is 0 Å².